The molecule has 0 saturated heterocycles. The molecule has 104 valence electrons. The minimum atomic E-state index is -0.434. The first-order chi connectivity index (χ1) is 9.55. The number of hydrogen-bond acceptors (Lipinski definition) is 4. The van der Waals surface area contributed by atoms with Crippen LogP contribution in [0.15, 0.2) is 27.8 Å². The minimum absolute atomic E-state index is 0.0273. The number of methoxy groups -OCH3 is 2. The standard InChI is InChI=1S/C14H14N2O4/c1-8-13(17)16-10(14(18)15-8)6-9-4-5-11(19-2)12(7-9)20-3/h4-7H,1H2,2-3H3,(H,15,18)(H,16,17)/b10-6-. The highest BCUT2D eigenvalue weighted by Gasteiger charge is 2.03. The molecule has 2 rings (SSSR count). The second kappa shape index (κ2) is 5.48. The van der Waals surface area contributed by atoms with Gasteiger partial charge in [-0.2, -0.15) is 0 Å². The average molecular weight is 274 g/mol. The molecule has 0 aliphatic carbocycles. The summed E-state index contributed by atoms with van der Waals surface area (Å²) in [6.45, 7) is 3.43. The Balaban J connectivity index is 2.62. The SMILES string of the molecule is C=c1[nH]c(=O)/c(=C/c2ccc(OC)c(OC)c2)[nH]c1=O. The summed E-state index contributed by atoms with van der Waals surface area (Å²) in [6, 6.07) is 5.17. The van der Waals surface area contributed by atoms with Crippen molar-refractivity contribution >= 4 is 12.7 Å². The molecule has 0 aliphatic heterocycles. The number of aromatic nitrogens is 2. The van der Waals surface area contributed by atoms with Gasteiger partial charge in [0, 0.05) is 0 Å². The molecule has 1 aromatic carbocycles. The van der Waals surface area contributed by atoms with Crippen LogP contribution < -0.4 is 31.3 Å². The third kappa shape index (κ3) is 2.64. The van der Waals surface area contributed by atoms with Gasteiger partial charge in [-0.3, -0.25) is 9.59 Å². The highest BCUT2D eigenvalue weighted by Crippen LogP contribution is 2.27. The summed E-state index contributed by atoms with van der Waals surface area (Å²) in [5, 5.41) is 0.175. The number of rotatable bonds is 3. The zero-order valence-electron chi connectivity index (χ0n) is 11.1. The fourth-order valence-corrected chi connectivity index (χ4v) is 1.73. The summed E-state index contributed by atoms with van der Waals surface area (Å²) in [7, 11) is 3.06. The van der Waals surface area contributed by atoms with Crippen molar-refractivity contribution in [1.29, 1.82) is 0 Å². The monoisotopic (exact) mass is 274 g/mol. The molecule has 6 heteroatoms. The van der Waals surface area contributed by atoms with Crippen LogP contribution in [0.2, 0.25) is 0 Å². The van der Waals surface area contributed by atoms with Gasteiger partial charge in [0.05, 0.1) is 19.6 Å². The first kappa shape index (κ1) is 13.7. The molecule has 6 nitrogen and oxygen atoms in total. The maximum atomic E-state index is 11.7. The van der Waals surface area contributed by atoms with E-state index in [0.717, 1.165) is 0 Å². The number of benzene rings is 1. The van der Waals surface area contributed by atoms with E-state index in [9.17, 15) is 9.59 Å². The predicted octanol–water partition coefficient (Wildman–Crippen LogP) is -0.680. The summed E-state index contributed by atoms with van der Waals surface area (Å²) >= 11 is 0. The van der Waals surface area contributed by atoms with Crippen LogP contribution in [0.3, 0.4) is 0 Å². The molecule has 20 heavy (non-hydrogen) atoms. The van der Waals surface area contributed by atoms with Gasteiger partial charge in [0.15, 0.2) is 11.5 Å². The van der Waals surface area contributed by atoms with Gasteiger partial charge in [-0.15, -0.1) is 0 Å². The first-order valence-electron chi connectivity index (χ1n) is 5.80. The Morgan fingerprint density at radius 2 is 1.75 bits per heavy atom. The van der Waals surface area contributed by atoms with Crippen molar-refractivity contribution in [2.24, 2.45) is 0 Å². The number of hydrogen-bond donors (Lipinski definition) is 2. The summed E-state index contributed by atoms with van der Waals surface area (Å²) in [4.78, 5) is 28.0. The van der Waals surface area contributed by atoms with Crippen LogP contribution in [0.5, 0.6) is 11.5 Å². The molecule has 1 heterocycles. The van der Waals surface area contributed by atoms with Crippen molar-refractivity contribution in [2.45, 2.75) is 0 Å². The molecule has 0 fully saturated rings. The Hall–Kier alpha value is -2.76. The van der Waals surface area contributed by atoms with Gasteiger partial charge >= 0.3 is 0 Å². The fourth-order valence-electron chi connectivity index (χ4n) is 1.73. The lowest BCUT2D eigenvalue weighted by atomic mass is 10.2. The quantitative estimate of drug-likeness (QED) is 0.776. The fraction of sp³-hybridized carbons (Fsp3) is 0.143. The first-order valence-corrected chi connectivity index (χ1v) is 5.80. The maximum Gasteiger partial charge on any atom is 0.272 e. The van der Waals surface area contributed by atoms with E-state index >= 15 is 0 Å². The molecule has 0 atom stereocenters. The van der Waals surface area contributed by atoms with E-state index in [-0.39, 0.29) is 10.7 Å². The average Bonchev–Trinajstić information content (AvgIpc) is 2.44. The highest BCUT2D eigenvalue weighted by atomic mass is 16.5. The lowest BCUT2D eigenvalue weighted by molar-refractivity contribution is 0.355. The van der Waals surface area contributed by atoms with E-state index in [2.05, 4.69) is 16.5 Å². The van der Waals surface area contributed by atoms with E-state index in [1.54, 1.807) is 24.3 Å². The second-order valence-electron chi connectivity index (χ2n) is 4.06. The Kier molecular flexibility index (Phi) is 3.74. The van der Waals surface area contributed by atoms with Crippen LogP contribution in [0.1, 0.15) is 5.56 Å². The molecule has 0 radical (unpaired) electrons. The minimum Gasteiger partial charge on any atom is -0.493 e. The summed E-state index contributed by atoms with van der Waals surface area (Å²) in [5.41, 5.74) is -0.152. The molecule has 2 N–H and O–H groups in total. The molecule has 0 saturated carbocycles. The Labute approximate surface area is 114 Å². The Morgan fingerprint density at radius 1 is 1.05 bits per heavy atom. The highest BCUT2D eigenvalue weighted by molar-refractivity contribution is 5.55. The third-order valence-corrected chi connectivity index (χ3v) is 2.75. The Bertz CT molecular complexity index is 849. The second-order valence-corrected chi connectivity index (χ2v) is 4.06. The van der Waals surface area contributed by atoms with E-state index in [4.69, 9.17) is 9.47 Å². The molecular formula is C14H14N2O4. The molecule has 0 aliphatic rings. The van der Waals surface area contributed by atoms with Gasteiger partial charge in [0.2, 0.25) is 0 Å². The normalized spacial score (nSPS) is 11.4. The third-order valence-electron chi connectivity index (χ3n) is 2.75. The predicted molar refractivity (Wildman–Crippen MR) is 75.6 cm³/mol. The van der Waals surface area contributed by atoms with E-state index in [1.165, 1.54) is 14.2 Å². The molecule has 2 aromatic rings. The van der Waals surface area contributed by atoms with Crippen LogP contribution >= 0.6 is 0 Å². The van der Waals surface area contributed by atoms with Crippen molar-refractivity contribution in [1.82, 2.24) is 9.97 Å². The zero-order valence-corrected chi connectivity index (χ0v) is 11.1. The van der Waals surface area contributed by atoms with Crippen molar-refractivity contribution in [2.75, 3.05) is 14.2 Å². The Morgan fingerprint density at radius 3 is 2.40 bits per heavy atom. The lowest BCUT2D eigenvalue weighted by Crippen LogP contribution is -2.46. The van der Waals surface area contributed by atoms with Crippen LogP contribution in [-0.4, -0.2) is 24.2 Å². The number of ether oxygens (including phenoxy) is 2. The maximum absolute atomic E-state index is 11.7. The van der Waals surface area contributed by atoms with Crippen LogP contribution in [0, 0.1) is 0 Å². The number of H-pyrrole nitrogens is 2. The summed E-state index contributed by atoms with van der Waals surface area (Å²) < 4.78 is 10.3. The van der Waals surface area contributed by atoms with Crippen molar-refractivity contribution in [3.05, 3.63) is 55.2 Å². The summed E-state index contributed by atoms with van der Waals surface area (Å²) in [5.74, 6) is 1.12. The van der Waals surface area contributed by atoms with Crippen molar-refractivity contribution in [3.63, 3.8) is 0 Å². The number of nitrogens with one attached hydrogen (secondary N) is 2. The van der Waals surface area contributed by atoms with E-state index in [1.807, 2.05) is 0 Å². The van der Waals surface area contributed by atoms with Gasteiger partial charge in [-0.05, 0) is 23.8 Å². The van der Waals surface area contributed by atoms with Crippen LogP contribution in [0.25, 0.3) is 12.7 Å². The largest absolute Gasteiger partial charge is 0.493 e. The topological polar surface area (TPSA) is 84.2 Å². The number of aromatic amines is 2. The van der Waals surface area contributed by atoms with Gasteiger partial charge in [0.1, 0.15) is 5.35 Å². The molecule has 1 aromatic heterocycles. The zero-order chi connectivity index (χ0) is 14.7. The molecular weight excluding hydrogens is 260 g/mol. The molecule has 0 amide bonds. The molecule has 0 unspecified atom stereocenters. The molecule has 0 spiro atoms. The molecule has 0 bridgehead atoms. The van der Waals surface area contributed by atoms with E-state index < -0.39 is 11.1 Å². The van der Waals surface area contributed by atoms with Gasteiger partial charge in [-0.25, -0.2) is 0 Å². The van der Waals surface area contributed by atoms with Gasteiger partial charge in [0.25, 0.3) is 11.1 Å². The van der Waals surface area contributed by atoms with Crippen LogP contribution in [0.4, 0.5) is 0 Å². The van der Waals surface area contributed by atoms with Gasteiger partial charge in [-0.1, -0.05) is 12.6 Å². The van der Waals surface area contributed by atoms with E-state index in [0.29, 0.717) is 17.1 Å². The summed E-state index contributed by atoms with van der Waals surface area (Å²) in [6.07, 6.45) is 1.54. The van der Waals surface area contributed by atoms with Gasteiger partial charge < -0.3 is 19.4 Å². The smallest absolute Gasteiger partial charge is 0.272 e. The van der Waals surface area contributed by atoms with Crippen molar-refractivity contribution < 1.29 is 9.47 Å². The lowest BCUT2D eigenvalue weighted by Gasteiger charge is -2.07. The van der Waals surface area contributed by atoms with Crippen molar-refractivity contribution in [3.8, 4) is 11.5 Å². The van der Waals surface area contributed by atoms with Crippen LogP contribution in [-0.2, 0) is 0 Å².